The second kappa shape index (κ2) is 11.0. The maximum Gasteiger partial charge on any atom is 0.227 e. The number of nitrogens with zero attached hydrogens (tertiary/aromatic N) is 6. The molecular weight excluding hydrogens is 500 g/mol. The van der Waals surface area contributed by atoms with Gasteiger partial charge in [0.05, 0.1) is 6.10 Å². The van der Waals surface area contributed by atoms with Gasteiger partial charge >= 0.3 is 0 Å². The quantitative estimate of drug-likeness (QED) is 0.408. The minimum atomic E-state index is -2.48. The third-order valence-electron chi connectivity index (χ3n) is 7.59. The lowest BCUT2D eigenvalue weighted by atomic mass is 9.97. The van der Waals surface area contributed by atoms with Crippen molar-refractivity contribution in [1.82, 2.24) is 19.9 Å². The minimum absolute atomic E-state index is 0.266. The molecule has 204 valence electrons. The number of methoxy groups -OCH3 is 1. The summed E-state index contributed by atoms with van der Waals surface area (Å²) in [6.45, 7) is 9.45. The number of nitrogens with one attached hydrogen (secondary N) is 2. The zero-order valence-corrected chi connectivity index (χ0v) is 23.5. The molecule has 1 atom stereocenters. The van der Waals surface area contributed by atoms with Crippen molar-refractivity contribution in [3.63, 3.8) is 0 Å². The molecule has 2 aliphatic rings. The van der Waals surface area contributed by atoms with Gasteiger partial charge in [-0.25, -0.2) is 19.2 Å². The Hall–Kier alpha value is -3.05. The molecule has 38 heavy (non-hydrogen) atoms. The van der Waals surface area contributed by atoms with Crippen LogP contribution in [-0.2, 0) is 14.5 Å². The van der Waals surface area contributed by atoms with Crippen molar-refractivity contribution in [2.45, 2.75) is 45.6 Å². The molecule has 0 spiro atoms. The van der Waals surface area contributed by atoms with Crippen LogP contribution in [0.3, 0.4) is 0 Å². The summed E-state index contributed by atoms with van der Waals surface area (Å²) in [6.07, 6.45) is 7.88. The largest absolute Gasteiger partial charge is 0.381 e. The van der Waals surface area contributed by atoms with Crippen LogP contribution in [-0.4, -0.2) is 75.0 Å². The van der Waals surface area contributed by atoms with Crippen molar-refractivity contribution in [3.8, 4) is 0 Å². The average Bonchev–Trinajstić information content (AvgIpc) is 2.90. The van der Waals surface area contributed by atoms with E-state index < -0.39 is 9.73 Å². The first kappa shape index (κ1) is 26.6. The molecule has 0 amide bonds. The van der Waals surface area contributed by atoms with E-state index in [1.165, 1.54) is 0 Å². The number of hydrogen-bond acceptors (Lipinski definition) is 10. The molecule has 1 unspecified atom stereocenters. The van der Waals surface area contributed by atoms with E-state index >= 15 is 0 Å². The van der Waals surface area contributed by atoms with Crippen LogP contribution in [0.5, 0.6) is 0 Å². The van der Waals surface area contributed by atoms with Gasteiger partial charge in [0.15, 0.2) is 0 Å². The second-order valence-electron chi connectivity index (χ2n) is 10.6. The smallest absolute Gasteiger partial charge is 0.227 e. The highest BCUT2D eigenvalue weighted by Gasteiger charge is 2.31. The number of ether oxygens (including phenoxy) is 1. The molecule has 0 bridgehead atoms. The minimum Gasteiger partial charge on any atom is -0.381 e. The molecule has 0 aromatic carbocycles. The van der Waals surface area contributed by atoms with E-state index in [0.717, 1.165) is 67.0 Å². The zero-order chi connectivity index (χ0) is 26.9. The Labute approximate surface area is 225 Å². The Morgan fingerprint density at radius 1 is 1.11 bits per heavy atom. The molecule has 5 heterocycles. The van der Waals surface area contributed by atoms with Gasteiger partial charge in [-0.3, -0.25) is 4.78 Å². The summed E-state index contributed by atoms with van der Waals surface area (Å²) in [6, 6.07) is 3.94. The second-order valence-corrected chi connectivity index (χ2v) is 13.2. The maximum atomic E-state index is 12.3. The van der Waals surface area contributed by atoms with Gasteiger partial charge in [-0.05, 0) is 41.8 Å². The van der Waals surface area contributed by atoms with Crippen LogP contribution >= 0.6 is 0 Å². The Morgan fingerprint density at radius 3 is 2.55 bits per heavy atom. The zero-order valence-electron chi connectivity index (χ0n) is 22.7. The van der Waals surface area contributed by atoms with Gasteiger partial charge in [0.2, 0.25) is 5.95 Å². The fourth-order valence-electron chi connectivity index (χ4n) is 5.26. The van der Waals surface area contributed by atoms with Gasteiger partial charge in [-0.15, -0.1) is 0 Å². The van der Waals surface area contributed by atoms with Gasteiger partial charge < -0.3 is 19.9 Å². The summed E-state index contributed by atoms with van der Waals surface area (Å²) in [7, 11) is -0.711. The highest BCUT2D eigenvalue weighted by Crippen LogP contribution is 2.35. The molecular formula is C27H38N8O2S. The van der Waals surface area contributed by atoms with Gasteiger partial charge in [-0.1, -0.05) is 20.8 Å². The molecule has 3 aromatic rings. The van der Waals surface area contributed by atoms with E-state index in [4.69, 9.17) is 24.5 Å². The lowest BCUT2D eigenvalue weighted by Gasteiger charge is -2.41. The summed E-state index contributed by atoms with van der Waals surface area (Å²) in [5.74, 6) is 4.48. The van der Waals surface area contributed by atoms with E-state index in [0.29, 0.717) is 35.3 Å². The van der Waals surface area contributed by atoms with Crippen molar-refractivity contribution in [1.29, 1.82) is 4.78 Å². The summed E-state index contributed by atoms with van der Waals surface area (Å²) in [5, 5.41) is 5.49. The van der Waals surface area contributed by atoms with E-state index in [1.54, 1.807) is 13.3 Å². The molecule has 2 aliphatic heterocycles. The van der Waals surface area contributed by atoms with Crippen LogP contribution in [0.25, 0.3) is 10.8 Å². The lowest BCUT2D eigenvalue weighted by Crippen LogP contribution is -2.50. The van der Waals surface area contributed by atoms with Crippen LogP contribution in [0.2, 0.25) is 0 Å². The predicted molar refractivity (Wildman–Crippen MR) is 153 cm³/mol. The summed E-state index contributed by atoms with van der Waals surface area (Å²) >= 11 is 0. The van der Waals surface area contributed by atoms with E-state index in [1.807, 2.05) is 25.4 Å². The normalized spacial score (nSPS) is 18.6. The predicted octanol–water partition coefficient (Wildman–Crippen LogP) is 4.40. The van der Waals surface area contributed by atoms with Crippen LogP contribution in [0.1, 0.15) is 45.1 Å². The van der Waals surface area contributed by atoms with Crippen molar-refractivity contribution in [2.24, 2.45) is 5.92 Å². The third-order valence-corrected chi connectivity index (χ3v) is 9.53. The number of hydrogen-bond donors (Lipinski definition) is 2. The Balaban J connectivity index is 1.36. The fraction of sp³-hybridized carbons (Fsp3) is 0.556. The first-order chi connectivity index (χ1) is 18.3. The molecule has 11 heteroatoms. The monoisotopic (exact) mass is 538 g/mol. The number of rotatable bonds is 9. The van der Waals surface area contributed by atoms with Crippen molar-refractivity contribution < 1.29 is 8.95 Å². The molecule has 2 saturated heterocycles. The summed E-state index contributed by atoms with van der Waals surface area (Å²) in [5.41, 5.74) is 1.16. The summed E-state index contributed by atoms with van der Waals surface area (Å²) in [4.78, 5) is 23.2. The molecule has 0 aliphatic carbocycles. The SMILES string of the molecule is CCS(=N)(=O)CC1CN(c2ncc(C(C)C)c3cc(Nc4ccnc(N5CCC(OC)CC5)n4)ncc23)C1. The molecule has 10 nitrogen and oxygen atoms in total. The van der Waals surface area contributed by atoms with Crippen molar-refractivity contribution in [2.75, 3.05) is 59.9 Å². The van der Waals surface area contributed by atoms with Gasteiger partial charge in [0.1, 0.15) is 17.5 Å². The van der Waals surface area contributed by atoms with Crippen LogP contribution < -0.4 is 15.1 Å². The number of fused-ring (bicyclic) bond motifs is 1. The standard InChI is InChI=1S/C27H38N8O2S/c1-5-38(28,36)17-19-15-35(16-19)26-23-14-30-25(12-21(23)22(13-31-26)18(2)3)32-24-6-9-29-27(33-24)34-10-7-20(37-4)8-11-34/h6,9,12-14,18-20,28H,5,7-8,10-11,15-17H2,1-4H3,(H,29,30,32,33). The molecule has 3 aromatic heterocycles. The van der Waals surface area contributed by atoms with E-state index in [-0.39, 0.29) is 5.92 Å². The Kier molecular flexibility index (Phi) is 7.67. The van der Waals surface area contributed by atoms with Gasteiger partial charge in [-0.2, -0.15) is 4.98 Å². The van der Waals surface area contributed by atoms with Crippen LogP contribution in [0.15, 0.2) is 30.7 Å². The summed E-state index contributed by atoms with van der Waals surface area (Å²) < 4.78 is 25.7. The highest BCUT2D eigenvalue weighted by molar-refractivity contribution is 7.92. The number of anilines is 4. The molecule has 5 rings (SSSR count). The number of pyridine rings is 2. The van der Waals surface area contributed by atoms with Gasteiger partial charge in [0.25, 0.3) is 0 Å². The molecule has 2 fully saturated rings. The first-order valence-corrected chi connectivity index (χ1v) is 15.3. The van der Waals surface area contributed by atoms with Crippen LogP contribution in [0, 0.1) is 10.7 Å². The van der Waals surface area contributed by atoms with Crippen molar-refractivity contribution >= 4 is 43.9 Å². The van der Waals surface area contributed by atoms with E-state index in [9.17, 15) is 4.21 Å². The Morgan fingerprint density at radius 2 is 1.87 bits per heavy atom. The van der Waals surface area contributed by atoms with Crippen LogP contribution in [0.4, 0.5) is 23.4 Å². The maximum absolute atomic E-state index is 12.3. The molecule has 2 N–H and O–H groups in total. The van der Waals surface area contributed by atoms with Crippen molar-refractivity contribution in [3.05, 3.63) is 36.3 Å². The number of piperidine rings is 1. The lowest BCUT2D eigenvalue weighted by molar-refractivity contribution is 0.0816. The molecule has 0 saturated carbocycles. The average molecular weight is 539 g/mol. The molecule has 0 radical (unpaired) electrons. The fourth-order valence-corrected chi connectivity index (χ4v) is 6.47. The highest BCUT2D eigenvalue weighted by atomic mass is 32.2. The topological polar surface area (TPSA) is 120 Å². The Bertz CT molecular complexity index is 1380. The van der Waals surface area contributed by atoms with Gasteiger partial charge in [0, 0.05) is 84.4 Å². The third kappa shape index (κ3) is 5.68. The first-order valence-electron chi connectivity index (χ1n) is 13.4. The van der Waals surface area contributed by atoms with E-state index in [2.05, 4.69) is 40.0 Å². The number of aromatic nitrogens is 4.